The van der Waals surface area contributed by atoms with Crippen molar-refractivity contribution in [1.82, 2.24) is 4.98 Å². The van der Waals surface area contributed by atoms with Crippen LogP contribution in [0.4, 0.5) is 5.13 Å². The van der Waals surface area contributed by atoms with Crippen LogP contribution in [0.25, 0.3) is 11.3 Å². The molecule has 5 nitrogen and oxygen atoms in total. The molecule has 0 atom stereocenters. The Morgan fingerprint density at radius 2 is 1.83 bits per heavy atom. The number of nitrogens with one attached hydrogen (secondary N) is 1. The third kappa shape index (κ3) is 4.77. The fourth-order valence-electron chi connectivity index (χ4n) is 3.11. The summed E-state index contributed by atoms with van der Waals surface area (Å²) >= 11 is 5.33. The molecule has 0 radical (unpaired) electrons. The number of thioether (sulfide) groups is 2. The number of aromatic nitrogens is 1. The van der Waals surface area contributed by atoms with Gasteiger partial charge in [0.1, 0.15) is 11.5 Å². The lowest BCUT2D eigenvalue weighted by molar-refractivity contribution is 0.102. The number of hydrogen-bond acceptors (Lipinski definition) is 7. The molecule has 1 fully saturated rings. The zero-order valence-corrected chi connectivity index (χ0v) is 19.2. The van der Waals surface area contributed by atoms with Gasteiger partial charge in [-0.05, 0) is 53.8 Å². The van der Waals surface area contributed by atoms with E-state index in [0.29, 0.717) is 21.0 Å². The summed E-state index contributed by atoms with van der Waals surface area (Å²) in [7, 11) is 3.24. The quantitative estimate of drug-likeness (QED) is 0.493. The summed E-state index contributed by atoms with van der Waals surface area (Å²) < 4.78 is 11.2. The number of carbonyl (C=O) groups excluding carboxylic acids is 1. The molecule has 1 N–H and O–H groups in total. The molecule has 1 aromatic heterocycles. The summed E-state index contributed by atoms with van der Waals surface area (Å²) in [5.74, 6) is 3.66. The van der Waals surface area contributed by atoms with Gasteiger partial charge in [-0.15, -0.1) is 34.9 Å². The van der Waals surface area contributed by atoms with E-state index in [0.717, 1.165) is 17.0 Å². The summed E-state index contributed by atoms with van der Waals surface area (Å²) in [4.78, 5) is 17.2. The summed E-state index contributed by atoms with van der Waals surface area (Å²) in [6.07, 6.45) is 1.27. The Morgan fingerprint density at radius 1 is 1.07 bits per heavy atom. The van der Waals surface area contributed by atoms with E-state index in [4.69, 9.17) is 9.47 Å². The van der Waals surface area contributed by atoms with Gasteiger partial charge in [-0.3, -0.25) is 10.1 Å². The van der Waals surface area contributed by atoms with Crippen molar-refractivity contribution in [2.75, 3.05) is 31.0 Å². The zero-order valence-electron chi connectivity index (χ0n) is 16.7. The first-order valence-corrected chi connectivity index (χ1v) is 12.5. The lowest BCUT2D eigenvalue weighted by atomic mass is 10.1. The van der Waals surface area contributed by atoms with E-state index in [9.17, 15) is 4.79 Å². The number of ether oxygens (including phenoxy) is 2. The van der Waals surface area contributed by atoms with E-state index in [-0.39, 0.29) is 5.91 Å². The molecule has 1 saturated heterocycles. The highest BCUT2D eigenvalue weighted by atomic mass is 32.2. The molecule has 1 amide bonds. The van der Waals surface area contributed by atoms with Crippen LogP contribution in [0.1, 0.15) is 26.9 Å². The summed E-state index contributed by atoms with van der Waals surface area (Å²) in [6.45, 7) is 0. The summed E-state index contributed by atoms with van der Waals surface area (Å²) in [6, 6.07) is 13.4. The van der Waals surface area contributed by atoms with E-state index in [1.54, 1.807) is 14.2 Å². The molecule has 1 aliphatic rings. The van der Waals surface area contributed by atoms with E-state index in [2.05, 4.69) is 22.4 Å². The highest BCUT2D eigenvalue weighted by Crippen LogP contribution is 2.43. The monoisotopic (exact) mass is 458 g/mol. The van der Waals surface area contributed by atoms with Gasteiger partial charge >= 0.3 is 0 Å². The maximum absolute atomic E-state index is 12.7. The standard InChI is InChI=1S/C22H22N2O3S3/c1-26-16-8-9-19(27-2)17(12-16)18-13-30-22(23-18)24-20(25)14-4-6-15(7-5-14)21-28-10-3-11-29-21/h4-9,12-13,21H,3,10-11H2,1-2H3,(H,23,24,25). The van der Waals surface area contributed by atoms with Crippen LogP contribution in [-0.4, -0.2) is 36.6 Å². The Hall–Kier alpha value is -2.16. The smallest absolute Gasteiger partial charge is 0.257 e. The van der Waals surface area contributed by atoms with Crippen molar-refractivity contribution in [1.29, 1.82) is 0 Å². The maximum atomic E-state index is 12.7. The van der Waals surface area contributed by atoms with Crippen LogP contribution in [0.15, 0.2) is 47.8 Å². The van der Waals surface area contributed by atoms with E-state index in [1.807, 2.05) is 59.2 Å². The van der Waals surface area contributed by atoms with Crippen LogP contribution in [0, 0.1) is 0 Å². The van der Waals surface area contributed by atoms with Gasteiger partial charge < -0.3 is 9.47 Å². The minimum Gasteiger partial charge on any atom is -0.497 e. The van der Waals surface area contributed by atoms with E-state index >= 15 is 0 Å². The Balaban J connectivity index is 1.47. The van der Waals surface area contributed by atoms with E-state index < -0.39 is 0 Å². The number of thiazole rings is 1. The molecular weight excluding hydrogens is 436 g/mol. The van der Waals surface area contributed by atoms with Crippen LogP contribution in [-0.2, 0) is 0 Å². The normalized spacial score (nSPS) is 14.3. The third-order valence-corrected chi connectivity index (χ3v) is 8.45. The van der Waals surface area contributed by atoms with Gasteiger partial charge in [0.25, 0.3) is 5.91 Å². The molecular formula is C22H22N2O3S3. The average Bonchev–Trinajstić information content (AvgIpc) is 3.27. The van der Waals surface area contributed by atoms with Gasteiger partial charge in [-0.2, -0.15) is 0 Å². The lowest BCUT2D eigenvalue weighted by Crippen LogP contribution is -2.11. The highest BCUT2D eigenvalue weighted by molar-refractivity contribution is 8.16. The molecule has 2 heterocycles. The Labute approximate surface area is 188 Å². The van der Waals surface area contributed by atoms with Gasteiger partial charge in [0.2, 0.25) is 0 Å². The molecule has 8 heteroatoms. The van der Waals surface area contributed by atoms with Crippen molar-refractivity contribution in [3.63, 3.8) is 0 Å². The Bertz CT molecular complexity index is 1010. The van der Waals surface area contributed by atoms with Gasteiger partial charge in [-0.25, -0.2) is 4.98 Å². The molecule has 1 aliphatic heterocycles. The number of hydrogen-bond donors (Lipinski definition) is 1. The van der Waals surface area contributed by atoms with Crippen molar-refractivity contribution < 1.29 is 14.3 Å². The number of anilines is 1. The first-order chi connectivity index (χ1) is 14.7. The van der Waals surface area contributed by atoms with Crippen LogP contribution in [0.3, 0.4) is 0 Å². The molecule has 0 bridgehead atoms. The third-order valence-electron chi connectivity index (χ3n) is 4.68. The minimum atomic E-state index is -0.163. The molecule has 4 rings (SSSR count). The predicted octanol–water partition coefficient (Wildman–Crippen LogP) is 5.95. The lowest BCUT2D eigenvalue weighted by Gasteiger charge is -2.21. The molecule has 3 aromatic rings. The van der Waals surface area contributed by atoms with Gasteiger partial charge in [-0.1, -0.05) is 12.1 Å². The van der Waals surface area contributed by atoms with Gasteiger partial charge in [0.05, 0.1) is 24.5 Å². The number of amides is 1. The van der Waals surface area contributed by atoms with Crippen molar-refractivity contribution in [3.05, 3.63) is 59.0 Å². The first kappa shape index (κ1) is 21.1. The number of methoxy groups -OCH3 is 2. The fraction of sp³-hybridized carbons (Fsp3) is 0.273. The van der Waals surface area contributed by atoms with Crippen molar-refractivity contribution in [2.45, 2.75) is 11.0 Å². The molecule has 0 unspecified atom stereocenters. The molecule has 30 heavy (non-hydrogen) atoms. The van der Waals surface area contributed by atoms with Gasteiger partial charge in [0.15, 0.2) is 5.13 Å². The first-order valence-electron chi connectivity index (χ1n) is 9.50. The second-order valence-corrected chi connectivity index (χ2v) is 10.2. The molecule has 2 aromatic carbocycles. The molecule has 0 aliphatic carbocycles. The summed E-state index contributed by atoms with van der Waals surface area (Å²) in [5.41, 5.74) is 3.44. The second kappa shape index (κ2) is 9.76. The average molecular weight is 459 g/mol. The predicted molar refractivity (Wildman–Crippen MR) is 127 cm³/mol. The zero-order chi connectivity index (χ0) is 20.9. The number of carbonyl (C=O) groups is 1. The van der Waals surface area contributed by atoms with Gasteiger partial charge in [0, 0.05) is 16.5 Å². The molecule has 0 saturated carbocycles. The molecule has 0 spiro atoms. The fourth-order valence-corrected chi connectivity index (χ4v) is 6.71. The second-order valence-electron chi connectivity index (χ2n) is 6.61. The topological polar surface area (TPSA) is 60.5 Å². The summed E-state index contributed by atoms with van der Waals surface area (Å²) in [5, 5.41) is 5.34. The van der Waals surface area contributed by atoms with Crippen LogP contribution in [0.2, 0.25) is 0 Å². The SMILES string of the molecule is COc1ccc(OC)c(-c2csc(NC(=O)c3ccc(C4SCCCS4)cc3)n2)c1. The maximum Gasteiger partial charge on any atom is 0.257 e. The van der Waals surface area contributed by atoms with Crippen LogP contribution >= 0.6 is 34.9 Å². The Morgan fingerprint density at radius 3 is 2.53 bits per heavy atom. The van der Waals surface area contributed by atoms with Crippen molar-refractivity contribution in [2.24, 2.45) is 0 Å². The van der Waals surface area contributed by atoms with Crippen LogP contribution < -0.4 is 14.8 Å². The largest absolute Gasteiger partial charge is 0.497 e. The van der Waals surface area contributed by atoms with E-state index in [1.165, 1.54) is 34.8 Å². The number of benzene rings is 2. The van der Waals surface area contributed by atoms with Crippen molar-refractivity contribution >= 4 is 45.9 Å². The van der Waals surface area contributed by atoms with Crippen LogP contribution in [0.5, 0.6) is 11.5 Å². The number of nitrogens with zero attached hydrogens (tertiary/aromatic N) is 1. The highest BCUT2D eigenvalue weighted by Gasteiger charge is 2.18. The van der Waals surface area contributed by atoms with Crippen molar-refractivity contribution in [3.8, 4) is 22.8 Å². The number of rotatable bonds is 6. The molecule has 156 valence electrons. The minimum absolute atomic E-state index is 0.163. The Kier molecular flexibility index (Phi) is 6.86.